The van der Waals surface area contributed by atoms with Crippen molar-refractivity contribution in [2.75, 3.05) is 24.2 Å². The van der Waals surface area contributed by atoms with Crippen LogP contribution in [0.25, 0.3) is 0 Å². The first kappa shape index (κ1) is 27.1. The largest absolute Gasteiger partial charge is 0.357 e. The van der Waals surface area contributed by atoms with Crippen LogP contribution in [0.15, 0.2) is 42.5 Å². The Morgan fingerprint density at radius 3 is 2.38 bits per heavy atom. The summed E-state index contributed by atoms with van der Waals surface area (Å²) in [5, 5.41) is 14.2. The molecule has 2 rings (SSSR count). The number of rotatable bonds is 10. The van der Waals surface area contributed by atoms with E-state index in [0.717, 1.165) is 16.6 Å². The van der Waals surface area contributed by atoms with E-state index in [4.69, 9.17) is 11.6 Å². The van der Waals surface area contributed by atoms with Crippen LogP contribution >= 0.6 is 11.6 Å². The fourth-order valence-corrected chi connectivity index (χ4v) is 4.57. The molecule has 0 aliphatic rings. The second-order valence-electron chi connectivity index (χ2n) is 7.65. The third kappa shape index (κ3) is 6.45. The van der Waals surface area contributed by atoms with Gasteiger partial charge >= 0.3 is 0 Å². The zero-order valence-electron chi connectivity index (χ0n) is 19.3. The van der Waals surface area contributed by atoms with Gasteiger partial charge in [-0.05, 0) is 30.5 Å². The number of hydrogen-bond acceptors (Lipinski definition) is 6. The summed E-state index contributed by atoms with van der Waals surface area (Å²) in [5.74, 6) is -1.08. The number of carbonyl (C=O) groups excluding carboxylic acids is 2. The molecular formula is C22H27ClN4O6S. The number of aryl methyl sites for hydroxylation is 1. The van der Waals surface area contributed by atoms with Gasteiger partial charge in [0.05, 0.1) is 16.9 Å². The van der Waals surface area contributed by atoms with Crippen molar-refractivity contribution in [2.24, 2.45) is 0 Å². The molecule has 10 nitrogen and oxygen atoms in total. The molecule has 0 aliphatic heterocycles. The van der Waals surface area contributed by atoms with Gasteiger partial charge in [-0.25, -0.2) is 8.42 Å². The number of likely N-dealkylation sites (N-methyl/N-ethyl adjacent to an activating group) is 1. The number of nitrogens with zero attached hydrogens (tertiary/aromatic N) is 3. The van der Waals surface area contributed by atoms with Crippen molar-refractivity contribution in [3.63, 3.8) is 0 Å². The van der Waals surface area contributed by atoms with Crippen molar-refractivity contribution in [2.45, 2.75) is 32.9 Å². The summed E-state index contributed by atoms with van der Waals surface area (Å²) in [5.41, 5.74) is 0.708. The molecule has 12 heteroatoms. The van der Waals surface area contributed by atoms with Crippen molar-refractivity contribution in [3.8, 4) is 0 Å². The molecule has 0 bridgehead atoms. The average molecular weight is 511 g/mol. The van der Waals surface area contributed by atoms with Crippen molar-refractivity contribution in [3.05, 3.63) is 68.7 Å². The Hall–Kier alpha value is -3.18. The third-order valence-corrected chi connectivity index (χ3v) is 6.78. The molecule has 1 atom stereocenters. The molecule has 0 saturated heterocycles. The van der Waals surface area contributed by atoms with Crippen LogP contribution in [-0.4, -0.2) is 55.9 Å². The SMILES string of the molecule is CC[C@H](C(=O)NC)N(Cc1ccccc1Cl)C(=O)CN(c1cc([N+](=O)[O-])ccc1C)S(C)(=O)=O. The number of nitrogens with one attached hydrogen (secondary N) is 1. The quantitative estimate of drug-likeness (QED) is 0.386. The van der Waals surface area contributed by atoms with Gasteiger partial charge < -0.3 is 10.2 Å². The van der Waals surface area contributed by atoms with Crippen molar-refractivity contribution in [1.29, 1.82) is 0 Å². The molecule has 0 fully saturated rings. The van der Waals surface area contributed by atoms with Crippen LogP contribution in [-0.2, 0) is 26.2 Å². The van der Waals surface area contributed by atoms with Crippen LogP contribution in [0, 0.1) is 17.0 Å². The number of halogens is 1. The number of benzene rings is 2. The average Bonchev–Trinajstić information content (AvgIpc) is 2.77. The molecule has 2 aromatic rings. The summed E-state index contributed by atoms with van der Waals surface area (Å²) in [4.78, 5) is 37.9. The molecule has 0 unspecified atom stereocenters. The zero-order chi connectivity index (χ0) is 25.6. The number of nitro groups is 1. The number of hydrogen-bond donors (Lipinski definition) is 1. The van der Waals surface area contributed by atoms with E-state index in [2.05, 4.69) is 5.32 Å². The molecule has 0 aliphatic carbocycles. The van der Waals surface area contributed by atoms with Gasteiger partial charge in [0.15, 0.2) is 0 Å². The van der Waals surface area contributed by atoms with E-state index < -0.39 is 39.3 Å². The Labute approximate surface area is 203 Å². The van der Waals surface area contributed by atoms with Gasteiger partial charge in [-0.15, -0.1) is 0 Å². The molecular weight excluding hydrogens is 484 g/mol. The lowest BCUT2D eigenvalue weighted by Gasteiger charge is -2.33. The lowest BCUT2D eigenvalue weighted by molar-refractivity contribution is -0.384. The fourth-order valence-electron chi connectivity index (χ4n) is 3.47. The van der Waals surface area contributed by atoms with Gasteiger partial charge in [0.25, 0.3) is 5.69 Å². The second-order valence-corrected chi connectivity index (χ2v) is 9.96. The number of nitro benzene ring substituents is 1. The molecule has 34 heavy (non-hydrogen) atoms. The Kier molecular flexibility index (Phi) is 9.00. The standard InChI is InChI=1S/C22H27ClN4O6S/c1-5-19(22(29)24-3)25(13-16-8-6-7-9-18(16)23)21(28)14-26(34(4,32)33)20-12-17(27(30)31)11-10-15(20)2/h6-12,19H,5,13-14H2,1-4H3,(H,24,29)/t19-/m1/s1. The smallest absolute Gasteiger partial charge is 0.271 e. The van der Waals surface area contributed by atoms with E-state index >= 15 is 0 Å². The maximum Gasteiger partial charge on any atom is 0.271 e. The first-order chi connectivity index (χ1) is 15.9. The summed E-state index contributed by atoms with van der Waals surface area (Å²) in [6.07, 6.45) is 1.18. The van der Waals surface area contributed by atoms with E-state index in [9.17, 15) is 28.1 Å². The highest BCUT2D eigenvalue weighted by Crippen LogP contribution is 2.28. The fraction of sp³-hybridized carbons (Fsp3) is 0.364. The minimum atomic E-state index is -4.01. The summed E-state index contributed by atoms with van der Waals surface area (Å²) < 4.78 is 26.1. The molecule has 0 radical (unpaired) electrons. The molecule has 1 N–H and O–H groups in total. The third-order valence-electron chi connectivity index (χ3n) is 5.28. The lowest BCUT2D eigenvalue weighted by Crippen LogP contribution is -2.51. The number of non-ortho nitro benzene ring substituents is 1. The van der Waals surface area contributed by atoms with Gasteiger partial charge in [-0.3, -0.25) is 24.0 Å². The highest BCUT2D eigenvalue weighted by atomic mass is 35.5. The predicted molar refractivity (Wildman–Crippen MR) is 130 cm³/mol. The lowest BCUT2D eigenvalue weighted by atomic mass is 10.1. The van der Waals surface area contributed by atoms with E-state index in [-0.39, 0.29) is 24.3 Å². The molecule has 0 heterocycles. The van der Waals surface area contributed by atoms with Gasteiger partial charge in [0.2, 0.25) is 21.8 Å². The molecule has 0 spiro atoms. The van der Waals surface area contributed by atoms with E-state index in [0.29, 0.717) is 16.1 Å². The Balaban J connectivity index is 2.53. The summed E-state index contributed by atoms with van der Waals surface area (Å²) in [7, 11) is -2.57. The maximum atomic E-state index is 13.5. The minimum absolute atomic E-state index is 0.00994. The van der Waals surface area contributed by atoms with Gasteiger partial charge in [0.1, 0.15) is 12.6 Å². The van der Waals surface area contributed by atoms with E-state index in [1.165, 1.54) is 24.1 Å². The summed E-state index contributed by atoms with van der Waals surface area (Å²) in [6.45, 7) is 2.63. The van der Waals surface area contributed by atoms with E-state index in [1.807, 2.05) is 0 Å². The molecule has 0 aromatic heterocycles. The van der Waals surface area contributed by atoms with Crippen molar-refractivity contribution in [1.82, 2.24) is 10.2 Å². The van der Waals surface area contributed by atoms with Crippen LogP contribution in [0.3, 0.4) is 0 Å². The second kappa shape index (κ2) is 11.3. The van der Waals surface area contributed by atoms with Crippen molar-refractivity contribution < 1.29 is 22.9 Å². The molecule has 184 valence electrons. The first-order valence-corrected chi connectivity index (χ1v) is 12.6. The Bertz CT molecular complexity index is 1190. The number of carbonyl (C=O) groups is 2. The van der Waals surface area contributed by atoms with Gasteiger partial charge in [-0.2, -0.15) is 0 Å². The molecule has 2 amide bonds. The molecule has 2 aromatic carbocycles. The predicted octanol–water partition coefficient (Wildman–Crippen LogP) is 2.88. The minimum Gasteiger partial charge on any atom is -0.357 e. The number of sulfonamides is 1. The monoisotopic (exact) mass is 510 g/mol. The highest BCUT2D eigenvalue weighted by Gasteiger charge is 2.32. The van der Waals surface area contributed by atoms with Crippen LogP contribution in [0.4, 0.5) is 11.4 Å². The number of amides is 2. The van der Waals surface area contributed by atoms with Crippen molar-refractivity contribution >= 4 is 44.8 Å². The van der Waals surface area contributed by atoms with Crippen LogP contribution in [0.1, 0.15) is 24.5 Å². The summed E-state index contributed by atoms with van der Waals surface area (Å²) >= 11 is 6.27. The molecule has 0 saturated carbocycles. The van der Waals surface area contributed by atoms with E-state index in [1.54, 1.807) is 38.1 Å². The van der Waals surface area contributed by atoms with Gasteiger partial charge in [-0.1, -0.05) is 42.8 Å². The first-order valence-electron chi connectivity index (χ1n) is 10.4. The Morgan fingerprint density at radius 1 is 1.21 bits per heavy atom. The zero-order valence-corrected chi connectivity index (χ0v) is 20.9. The topological polar surface area (TPSA) is 130 Å². The summed E-state index contributed by atoms with van der Waals surface area (Å²) in [6, 6.07) is 9.71. The highest BCUT2D eigenvalue weighted by molar-refractivity contribution is 7.92. The normalized spacial score (nSPS) is 12.0. The van der Waals surface area contributed by atoms with Crippen LogP contribution in [0.5, 0.6) is 0 Å². The Morgan fingerprint density at radius 2 is 1.85 bits per heavy atom. The number of anilines is 1. The van der Waals surface area contributed by atoms with Crippen LogP contribution in [0.2, 0.25) is 5.02 Å². The van der Waals surface area contributed by atoms with Gasteiger partial charge in [0, 0.05) is 30.7 Å². The maximum absolute atomic E-state index is 13.5. The van der Waals surface area contributed by atoms with Crippen LogP contribution < -0.4 is 9.62 Å².